The van der Waals surface area contributed by atoms with Crippen LogP contribution in [0.3, 0.4) is 0 Å². The highest BCUT2D eigenvalue weighted by molar-refractivity contribution is 5.76. The highest BCUT2D eigenvalue weighted by atomic mass is 16.2. The SMILES string of the molecule is C[C@@H](NC(=O)CCc1nc2c([nH]1)c(=O)[nH]c(=O)n2C)C(C)(C)C. The van der Waals surface area contributed by atoms with Crippen LogP contribution in [0.5, 0.6) is 0 Å². The summed E-state index contributed by atoms with van der Waals surface area (Å²) in [5, 5.41) is 2.95. The van der Waals surface area contributed by atoms with Gasteiger partial charge in [0.25, 0.3) is 5.56 Å². The number of aryl methyl sites for hydroxylation is 2. The molecule has 2 rings (SSSR count). The average molecular weight is 321 g/mol. The van der Waals surface area contributed by atoms with Gasteiger partial charge in [0.1, 0.15) is 11.3 Å². The van der Waals surface area contributed by atoms with Crippen molar-refractivity contribution in [2.45, 2.75) is 46.6 Å². The molecule has 1 atom stereocenters. The second kappa shape index (κ2) is 6.02. The molecule has 0 aliphatic carbocycles. The third-order valence-electron chi connectivity index (χ3n) is 4.07. The van der Waals surface area contributed by atoms with Crippen LogP contribution in [0.2, 0.25) is 0 Å². The van der Waals surface area contributed by atoms with Crippen molar-refractivity contribution in [1.29, 1.82) is 0 Å². The van der Waals surface area contributed by atoms with Gasteiger partial charge in [0, 0.05) is 25.9 Å². The molecule has 2 aromatic heterocycles. The number of amides is 1. The standard InChI is InChI=1S/C15H23N5O3/c1-8(15(2,3)4)16-10(21)7-6-9-17-11-12(18-9)20(5)14(23)19-13(11)22/h8H,6-7H2,1-5H3,(H,16,21)(H,17,18)(H,19,22,23)/t8-/m1/s1. The Morgan fingerprint density at radius 2 is 1.96 bits per heavy atom. The maximum absolute atomic E-state index is 12.0. The first kappa shape index (κ1) is 17.0. The third kappa shape index (κ3) is 3.69. The van der Waals surface area contributed by atoms with E-state index >= 15 is 0 Å². The summed E-state index contributed by atoms with van der Waals surface area (Å²) in [4.78, 5) is 44.6. The first-order valence-corrected chi connectivity index (χ1v) is 7.57. The highest BCUT2D eigenvalue weighted by Crippen LogP contribution is 2.18. The predicted molar refractivity (Wildman–Crippen MR) is 87.3 cm³/mol. The smallest absolute Gasteiger partial charge is 0.329 e. The van der Waals surface area contributed by atoms with Gasteiger partial charge in [-0.05, 0) is 12.3 Å². The fourth-order valence-electron chi connectivity index (χ4n) is 2.03. The van der Waals surface area contributed by atoms with Crippen LogP contribution in [0.25, 0.3) is 11.2 Å². The number of carbonyl (C=O) groups is 1. The van der Waals surface area contributed by atoms with Gasteiger partial charge >= 0.3 is 5.69 Å². The van der Waals surface area contributed by atoms with E-state index in [9.17, 15) is 14.4 Å². The number of H-pyrrole nitrogens is 2. The summed E-state index contributed by atoms with van der Waals surface area (Å²) in [6, 6.07) is 0.0503. The van der Waals surface area contributed by atoms with Gasteiger partial charge in [-0.15, -0.1) is 0 Å². The monoisotopic (exact) mass is 321 g/mol. The minimum absolute atomic E-state index is 0.0133. The van der Waals surface area contributed by atoms with Gasteiger partial charge in [-0.3, -0.25) is 19.1 Å². The van der Waals surface area contributed by atoms with Crippen LogP contribution in [-0.4, -0.2) is 31.5 Å². The van der Waals surface area contributed by atoms with Crippen molar-refractivity contribution in [1.82, 2.24) is 24.8 Å². The molecule has 0 aliphatic rings. The van der Waals surface area contributed by atoms with Gasteiger partial charge < -0.3 is 10.3 Å². The lowest BCUT2D eigenvalue weighted by Crippen LogP contribution is -2.41. The van der Waals surface area contributed by atoms with Crippen molar-refractivity contribution >= 4 is 17.1 Å². The molecular formula is C15H23N5O3. The van der Waals surface area contributed by atoms with Crippen LogP contribution in [0.1, 0.15) is 39.9 Å². The van der Waals surface area contributed by atoms with E-state index in [1.54, 1.807) is 0 Å². The molecule has 0 aromatic carbocycles. The number of aromatic nitrogens is 4. The molecule has 2 heterocycles. The number of hydrogen-bond donors (Lipinski definition) is 3. The number of rotatable bonds is 4. The Bertz CT molecular complexity index is 837. The van der Waals surface area contributed by atoms with E-state index in [1.807, 2.05) is 6.92 Å². The summed E-state index contributed by atoms with van der Waals surface area (Å²) < 4.78 is 1.26. The number of carbonyl (C=O) groups excluding carboxylic acids is 1. The molecule has 0 saturated carbocycles. The average Bonchev–Trinajstić information content (AvgIpc) is 2.86. The summed E-state index contributed by atoms with van der Waals surface area (Å²) >= 11 is 0. The van der Waals surface area contributed by atoms with E-state index in [-0.39, 0.29) is 34.9 Å². The molecule has 8 nitrogen and oxygen atoms in total. The number of imidazole rings is 1. The first-order valence-electron chi connectivity index (χ1n) is 7.57. The number of fused-ring (bicyclic) bond motifs is 1. The second-order valence-corrected chi connectivity index (χ2v) is 6.86. The fourth-order valence-corrected chi connectivity index (χ4v) is 2.03. The minimum atomic E-state index is -0.516. The number of aromatic amines is 2. The van der Waals surface area contributed by atoms with Crippen LogP contribution in [0, 0.1) is 5.41 Å². The summed E-state index contributed by atoms with van der Waals surface area (Å²) in [7, 11) is 1.53. The van der Waals surface area contributed by atoms with Crippen LogP contribution < -0.4 is 16.6 Å². The molecule has 0 unspecified atom stereocenters. The van der Waals surface area contributed by atoms with E-state index in [1.165, 1.54) is 11.6 Å². The third-order valence-corrected chi connectivity index (χ3v) is 4.07. The Balaban J connectivity index is 2.10. The Labute approximate surface area is 133 Å². The van der Waals surface area contributed by atoms with Crippen molar-refractivity contribution in [2.75, 3.05) is 0 Å². The maximum atomic E-state index is 12.0. The van der Waals surface area contributed by atoms with Gasteiger partial charge in [0.2, 0.25) is 5.91 Å². The summed E-state index contributed by atoms with van der Waals surface area (Å²) in [5.41, 5.74) is -0.506. The molecular weight excluding hydrogens is 298 g/mol. The topological polar surface area (TPSA) is 113 Å². The predicted octanol–water partition coefficient (Wildman–Crippen LogP) is 0.433. The molecule has 23 heavy (non-hydrogen) atoms. The van der Waals surface area contributed by atoms with Crippen LogP contribution in [0.4, 0.5) is 0 Å². The van der Waals surface area contributed by atoms with Crippen molar-refractivity contribution in [3.63, 3.8) is 0 Å². The molecule has 126 valence electrons. The van der Waals surface area contributed by atoms with E-state index in [4.69, 9.17) is 0 Å². The maximum Gasteiger partial charge on any atom is 0.329 e. The Kier molecular flexibility index (Phi) is 4.44. The molecule has 3 N–H and O–H groups in total. The van der Waals surface area contributed by atoms with Crippen LogP contribution in [-0.2, 0) is 18.3 Å². The van der Waals surface area contributed by atoms with Gasteiger partial charge in [-0.2, -0.15) is 0 Å². The summed E-state index contributed by atoms with van der Waals surface area (Å²) in [5.74, 6) is 0.431. The number of nitrogens with one attached hydrogen (secondary N) is 3. The highest BCUT2D eigenvalue weighted by Gasteiger charge is 2.21. The number of hydrogen-bond acceptors (Lipinski definition) is 4. The summed E-state index contributed by atoms with van der Waals surface area (Å²) in [6.45, 7) is 8.15. The van der Waals surface area contributed by atoms with E-state index < -0.39 is 11.2 Å². The van der Waals surface area contributed by atoms with Crippen LogP contribution in [0.15, 0.2) is 9.59 Å². The molecule has 0 aliphatic heterocycles. The van der Waals surface area contributed by atoms with E-state index in [2.05, 4.69) is 41.0 Å². The Morgan fingerprint density at radius 1 is 1.30 bits per heavy atom. The van der Waals surface area contributed by atoms with E-state index in [0.29, 0.717) is 12.2 Å². The Hall–Kier alpha value is -2.38. The van der Waals surface area contributed by atoms with Crippen molar-refractivity contribution < 1.29 is 4.79 Å². The van der Waals surface area contributed by atoms with Gasteiger partial charge in [-0.25, -0.2) is 9.78 Å². The molecule has 0 spiro atoms. The quantitative estimate of drug-likeness (QED) is 0.758. The van der Waals surface area contributed by atoms with E-state index in [0.717, 1.165) is 0 Å². The van der Waals surface area contributed by atoms with Crippen molar-refractivity contribution in [3.05, 3.63) is 26.7 Å². The molecule has 0 bridgehead atoms. The number of nitrogens with zero attached hydrogens (tertiary/aromatic N) is 2. The minimum Gasteiger partial charge on any atom is -0.353 e. The zero-order valence-corrected chi connectivity index (χ0v) is 14.1. The molecule has 2 aromatic rings. The largest absolute Gasteiger partial charge is 0.353 e. The molecule has 1 amide bonds. The normalized spacial score (nSPS) is 13.3. The van der Waals surface area contributed by atoms with Crippen molar-refractivity contribution in [2.24, 2.45) is 12.5 Å². The molecule has 0 saturated heterocycles. The van der Waals surface area contributed by atoms with Crippen LogP contribution >= 0.6 is 0 Å². The van der Waals surface area contributed by atoms with Gasteiger partial charge in [0.05, 0.1) is 0 Å². The zero-order valence-electron chi connectivity index (χ0n) is 14.1. The first-order chi connectivity index (χ1) is 10.6. The van der Waals surface area contributed by atoms with Crippen molar-refractivity contribution in [3.8, 4) is 0 Å². The molecule has 8 heteroatoms. The van der Waals surface area contributed by atoms with Gasteiger partial charge in [-0.1, -0.05) is 20.8 Å². The fraction of sp³-hybridized carbons (Fsp3) is 0.600. The zero-order chi connectivity index (χ0) is 17.4. The lowest BCUT2D eigenvalue weighted by atomic mass is 9.88. The Morgan fingerprint density at radius 3 is 2.57 bits per heavy atom. The molecule has 0 fully saturated rings. The lowest BCUT2D eigenvalue weighted by Gasteiger charge is -2.28. The second-order valence-electron chi connectivity index (χ2n) is 6.86. The van der Waals surface area contributed by atoms with Gasteiger partial charge in [0.15, 0.2) is 5.65 Å². The molecule has 0 radical (unpaired) electrons. The summed E-state index contributed by atoms with van der Waals surface area (Å²) in [6.07, 6.45) is 0.622. The lowest BCUT2D eigenvalue weighted by molar-refractivity contribution is -0.122.